The molecule has 0 radical (unpaired) electrons. The Kier molecular flexibility index (Phi) is 6.40. The van der Waals surface area contributed by atoms with E-state index in [0.717, 1.165) is 31.2 Å². The molecular formula is C16H20ClN3O2. The second-order valence-corrected chi connectivity index (χ2v) is 5.86. The molecule has 0 saturated heterocycles. The van der Waals surface area contributed by atoms with Crippen molar-refractivity contribution in [2.45, 2.75) is 44.6 Å². The monoisotopic (exact) mass is 321 g/mol. The van der Waals surface area contributed by atoms with Crippen molar-refractivity contribution in [3.05, 3.63) is 34.9 Å². The summed E-state index contributed by atoms with van der Waals surface area (Å²) >= 11 is 5.77. The second kappa shape index (κ2) is 8.54. The Balaban J connectivity index is 1.70. The molecule has 1 aliphatic rings. The van der Waals surface area contributed by atoms with E-state index in [1.165, 1.54) is 12.6 Å². The first-order valence-corrected chi connectivity index (χ1v) is 7.88. The number of carbonyl (C=O) groups excluding carboxylic acids is 2. The quantitative estimate of drug-likeness (QED) is 0.497. The van der Waals surface area contributed by atoms with Gasteiger partial charge in [-0.25, -0.2) is 5.43 Å². The molecule has 0 spiro atoms. The van der Waals surface area contributed by atoms with E-state index in [-0.39, 0.29) is 18.4 Å². The van der Waals surface area contributed by atoms with Gasteiger partial charge in [0.15, 0.2) is 0 Å². The van der Waals surface area contributed by atoms with Gasteiger partial charge < -0.3 is 5.32 Å². The molecule has 22 heavy (non-hydrogen) atoms. The van der Waals surface area contributed by atoms with Crippen LogP contribution < -0.4 is 10.7 Å². The zero-order chi connectivity index (χ0) is 15.8. The van der Waals surface area contributed by atoms with Crippen molar-refractivity contribution in [2.24, 2.45) is 5.10 Å². The molecule has 1 aromatic rings. The Hall–Kier alpha value is -1.88. The predicted molar refractivity (Wildman–Crippen MR) is 86.8 cm³/mol. The van der Waals surface area contributed by atoms with Gasteiger partial charge in [-0.2, -0.15) is 5.10 Å². The summed E-state index contributed by atoms with van der Waals surface area (Å²) in [5.74, 6) is -0.662. The van der Waals surface area contributed by atoms with Crippen molar-refractivity contribution in [2.75, 3.05) is 0 Å². The van der Waals surface area contributed by atoms with Crippen LogP contribution in [0.5, 0.6) is 0 Å². The first-order chi connectivity index (χ1) is 10.6. The minimum atomic E-state index is -0.418. The number of hydrogen-bond acceptors (Lipinski definition) is 3. The number of rotatable bonds is 5. The van der Waals surface area contributed by atoms with E-state index in [9.17, 15) is 9.59 Å². The minimum Gasteiger partial charge on any atom is -0.353 e. The number of benzene rings is 1. The fourth-order valence-electron chi connectivity index (χ4n) is 2.44. The van der Waals surface area contributed by atoms with Crippen LogP contribution in [0, 0.1) is 0 Å². The smallest absolute Gasteiger partial charge is 0.249 e. The van der Waals surface area contributed by atoms with Crippen molar-refractivity contribution in [1.82, 2.24) is 10.7 Å². The first kappa shape index (κ1) is 16.5. The number of halogens is 1. The summed E-state index contributed by atoms with van der Waals surface area (Å²) in [4.78, 5) is 23.4. The van der Waals surface area contributed by atoms with E-state index in [1.54, 1.807) is 24.3 Å². The highest BCUT2D eigenvalue weighted by molar-refractivity contribution is 6.30. The highest BCUT2D eigenvalue weighted by atomic mass is 35.5. The van der Waals surface area contributed by atoms with Crippen molar-refractivity contribution in [3.63, 3.8) is 0 Å². The lowest BCUT2D eigenvalue weighted by molar-refractivity contribution is -0.129. The molecule has 6 heteroatoms. The molecule has 2 amide bonds. The zero-order valence-corrected chi connectivity index (χ0v) is 13.1. The van der Waals surface area contributed by atoms with Gasteiger partial charge in [-0.15, -0.1) is 0 Å². The molecule has 0 aromatic heterocycles. The van der Waals surface area contributed by atoms with E-state index < -0.39 is 5.91 Å². The first-order valence-electron chi connectivity index (χ1n) is 7.50. The Morgan fingerprint density at radius 3 is 2.50 bits per heavy atom. The van der Waals surface area contributed by atoms with Gasteiger partial charge in [0.2, 0.25) is 11.8 Å². The molecule has 1 aromatic carbocycles. The largest absolute Gasteiger partial charge is 0.353 e. The third-order valence-corrected chi connectivity index (χ3v) is 3.82. The van der Waals surface area contributed by atoms with Crippen LogP contribution in [0.1, 0.15) is 44.1 Å². The normalized spacial score (nSPS) is 15.7. The third-order valence-electron chi connectivity index (χ3n) is 3.56. The summed E-state index contributed by atoms with van der Waals surface area (Å²) in [6.45, 7) is 0. The van der Waals surface area contributed by atoms with Crippen molar-refractivity contribution in [3.8, 4) is 0 Å². The van der Waals surface area contributed by atoms with Crippen LogP contribution in [0.4, 0.5) is 0 Å². The molecule has 1 fully saturated rings. The Labute approximate surface area is 135 Å². The molecule has 0 unspecified atom stereocenters. The molecule has 1 saturated carbocycles. The Bertz CT molecular complexity index is 537. The molecule has 2 N–H and O–H groups in total. The third kappa shape index (κ3) is 5.85. The lowest BCUT2D eigenvalue weighted by Gasteiger charge is -2.22. The maximum atomic E-state index is 11.8. The zero-order valence-electron chi connectivity index (χ0n) is 12.3. The van der Waals surface area contributed by atoms with Crippen LogP contribution in [0.15, 0.2) is 29.4 Å². The molecule has 118 valence electrons. The van der Waals surface area contributed by atoms with Gasteiger partial charge in [0.25, 0.3) is 0 Å². The van der Waals surface area contributed by atoms with Gasteiger partial charge in [-0.1, -0.05) is 43.0 Å². The Morgan fingerprint density at radius 1 is 1.14 bits per heavy atom. The van der Waals surface area contributed by atoms with Gasteiger partial charge in [-0.3, -0.25) is 9.59 Å². The minimum absolute atomic E-state index is 0.200. The lowest BCUT2D eigenvalue weighted by atomic mass is 9.95. The summed E-state index contributed by atoms with van der Waals surface area (Å²) in [6.07, 6.45) is 6.82. The number of hydrogen-bond donors (Lipinski definition) is 2. The number of hydrazone groups is 1. The van der Waals surface area contributed by atoms with Crippen LogP contribution in [0.25, 0.3) is 0 Å². The summed E-state index contributed by atoms with van der Waals surface area (Å²) in [6, 6.07) is 7.26. The van der Waals surface area contributed by atoms with Crippen molar-refractivity contribution in [1.29, 1.82) is 0 Å². The van der Waals surface area contributed by atoms with Crippen LogP contribution >= 0.6 is 11.6 Å². The molecule has 0 heterocycles. The highest BCUT2D eigenvalue weighted by Crippen LogP contribution is 2.17. The van der Waals surface area contributed by atoms with E-state index in [4.69, 9.17) is 11.6 Å². The van der Waals surface area contributed by atoms with Crippen molar-refractivity contribution >= 4 is 29.6 Å². The fraction of sp³-hybridized carbons (Fsp3) is 0.438. The SMILES string of the molecule is O=C(CC(=O)NC1CCCCC1)NN=Cc1ccc(Cl)cc1. The summed E-state index contributed by atoms with van der Waals surface area (Å²) in [5, 5.41) is 7.36. The van der Waals surface area contributed by atoms with Crippen molar-refractivity contribution < 1.29 is 9.59 Å². The topological polar surface area (TPSA) is 70.6 Å². The number of carbonyl (C=O) groups is 2. The van der Waals surface area contributed by atoms with Crippen LogP contribution in [0.3, 0.4) is 0 Å². The number of nitrogens with zero attached hydrogens (tertiary/aromatic N) is 1. The van der Waals surface area contributed by atoms with Gasteiger partial charge in [0, 0.05) is 11.1 Å². The Morgan fingerprint density at radius 2 is 1.82 bits per heavy atom. The maximum absolute atomic E-state index is 11.8. The van der Waals surface area contributed by atoms with Gasteiger partial charge in [0.05, 0.1) is 6.21 Å². The van der Waals surface area contributed by atoms with E-state index in [1.807, 2.05) is 0 Å². The molecule has 0 atom stereocenters. The van der Waals surface area contributed by atoms with E-state index in [0.29, 0.717) is 5.02 Å². The molecule has 0 bridgehead atoms. The molecule has 5 nitrogen and oxygen atoms in total. The van der Waals surface area contributed by atoms with Crippen LogP contribution in [0.2, 0.25) is 5.02 Å². The fourth-order valence-corrected chi connectivity index (χ4v) is 2.56. The highest BCUT2D eigenvalue weighted by Gasteiger charge is 2.17. The maximum Gasteiger partial charge on any atom is 0.249 e. The average molecular weight is 322 g/mol. The van der Waals surface area contributed by atoms with Gasteiger partial charge >= 0.3 is 0 Å². The lowest BCUT2D eigenvalue weighted by Crippen LogP contribution is -2.38. The van der Waals surface area contributed by atoms with Crippen LogP contribution in [-0.4, -0.2) is 24.1 Å². The summed E-state index contributed by atoms with van der Waals surface area (Å²) in [7, 11) is 0. The molecule has 2 rings (SSSR count). The number of nitrogens with one attached hydrogen (secondary N) is 2. The molecule has 1 aliphatic carbocycles. The average Bonchev–Trinajstić information content (AvgIpc) is 2.50. The summed E-state index contributed by atoms with van der Waals surface area (Å²) < 4.78 is 0. The molecule has 0 aliphatic heterocycles. The van der Waals surface area contributed by atoms with Gasteiger partial charge in [0.1, 0.15) is 6.42 Å². The molecular weight excluding hydrogens is 302 g/mol. The van der Waals surface area contributed by atoms with E-state index in [2.05, 4.69) is 15.8 Å². The predicted octanol–water partition coefficient (Wildman–Crippen LogP) is 2.63. The van der Waals surface area contributed by atoms with Crippen LogP contribution in [-0.2, 0) is 9.59 Å². The van der Waals surface area contributed by atoms with E-state index >= 15 is 0 Å². The van der Waals surface area contributed by atoms with Gasteiger partial charge in [-0.05, 0) is 30.5 Å². The summed E-state index contributed by atoms with van der Waals surface area (Å²) in [5.41, 5.74) is 3.17. The number of amides is 2. The standard InChI is InChI=1S/C16H20ClN3O2/c17-13-8-6-12(7-9-13)11-18-20-16(22)10-15(21)19-14-4-2-1-3-5-14/h6-9,11,14H,1-5,10H2,(H,19,21)(H,20,22). The second-order valence-electron chi connectivity index (χ2n) is 5.42.